The van der Waals surface area contributed by atoms with Gasteiger partial charge in [-0.3, -0.25) is 5.32 Å². The zero-order valence-electron chi connectivity index (χ0n) is 10.2. The van der Waals surface area contributed by atoms with Crippen LogP contribution in [0.3, 0.4) is 0 Å². The van der Waals surface area contributed by atoms with E-state index in [0.717, 1.165) is 17.0 Å². The van der Waals surface area contributed by atoms with Gasteiger partial charge in [0, 0.05) is 11.4 Å². The van der Waals surface area contributed by atoms with Crippen LogP contribution in [0.2, 0.25) is 0 Å². The highest BCUT2D eigenvalue weighted by molar-refractivity contribution is 7.17. The van der Waals surface area contributed by atoms with Crippen LogP contribution >= 0.6 is 11.3 Å². The summed E-state index contributed by atoms with van der Waals surface area (Å²) < 4.78 is 4.79. The number of rotatable bonds is 4. The van der Waals surface area contributed by atoms with Crippen molar-refractivity contribution in [3.05, 3.63) is 28.7 Å². The number of carboxylic acids is 1. The lowest BCUT2D eigenvalue weighted by molar-refractivity contribution is 0.0697. The van der Waals surface area contributed by atoms with E-state index in [1.54, 1.807) is 0 Å². The third-order valence-electron chi connectivity index (χ3n) is 2.69. The lowest BCUT2D eigenvalue weighted by atomic mass is 10.0. The van der Waals surface area contributed by atoms with Crippen molar-refractivity contribution in [2.24, 2.45) is 0 Å². The second kappa shape index (κ2) is 5.85. The lowest BCUT2D eigenvalue weighted by Gasteiger charge is -2.12. The van der Waals surface area contributed by atoms with Crippen molar-refractivity contribution in [1.82, 2.24) is 5.32 Å². The monoisotopic (exact) mass is 282 g/mol. The van der Waals surface area contributed by atoms with E-state index < -0.39 is 12.1 Å². The number of anilines is 1. The first-order chi connectivity index (χ1) is 9.13. The first-order valence-electron chi connectivity index (χ1n) is 5.76. The normalized spacial score (nSPS) is 13.5. The number of thiophene rings is 1. The predicted octanol–water partition coefficient (Wildman–Crippen LogP) is 1.83. The van der Waals surface area contributed by atoms with Crippen LogP contribution in [-0.2, 0) is 17.7 Å². The van der Waals surface area contributed by atoms with E-state index in [9.17, 15) is 14.7 Å². The molecule has 19 heavy (non-hydrogen) atoms. The third-order valence-corrected chi connectivity index (χ3v) is 3.84. The summed E-state index contributed by atoms with van der Waals surface area (Å²) in [5.41, 5.74) is 0.979. The summed E-state index contributed by atoms with van der Waals surface area (Å²) >= 11 is 1.27. The number of carbonyl (C=O) groups is 2. The molecule has 0 radical (unpaired) electrons. The van der Waals surface area contributed by atoms with Gasteiger partial charge in [0.25, 0.3) is 0 Å². The van der Waals surface area contributed by atoms with E-state index in [-0.39, 0.29) is 12.2 Å². The molecule has 7 heteroatoms. The first kappa shape index (κ1) is 13.6. The number of hydrogen-bond acceptors (Lipinski definition) is 5. The van der Waals surface area contributed by atoms with Gasteiger partial charge in [-0.2, -0.15) is 0 Å². The Hall–Kier alpha value is -1.86. The van der Waals surface area contributed by atoms with Crippen LogP contribution in [0.1, 0.15) is 20.8 Å². The summed E-state index contributed by atoms with van der Waals surface area (Å²) in [4.78, 5) is 23.8. The Kier molecular flexibility index (Phi) is 4.18. The highest BCUT2D eigenvalue weighted by Crippen LogP contribution is 2.35. The molecular weight excluding hydrogens is 268 g/mol. The Morgan fingerprint density at radius 2 is 2.37 bits per heavy atom. The number of nitrogens with one attached hydrogen (secondary N) is 2. The summed E-state index contributed by atoms with van der Waals surface area (Å²) in [6.45, 7) is 4.89. The van der Waals surface area contributed by atoms with Crippen LogP contribution in [0.5, 0.6) is 0 Å². The molecule has 1 aliphatic heterocycles. The van der Waals surface area contributed by atoms with E-state index in [1.165, 1.54) is 17.4 Å². The molecule has 0 bridgehead atoms. The molecule has 2 rings (SSSR count). The van der Waals surface area contributed by atoms with Gasteiger partial charge >= 0.3 is 12.1 Å². The van der Waals surface area contributed by atoms with Gasteiger partial charge in [0.05, 0.1) is 5.56 Å². The minimum Gasteiger partial charge on any atom is -0.478 e. The van der Waals surface area contributed by atoms with Crippen LogP contribution in [0.25, 0.3) is 0 Å². The SMILES string of the molecule is C=CCOC(=O)Nc1sc2c(c1C(=O)O)CCNC2. The maximum absolute atomic E-state index is 11.5. The Bertz CT molecular complexity index is 524. The van der Waals surface area contributed by atoms with Gasteiger partial charge in [-0.15, -0.1) is 11.3 Å². The topological polar surface area (TPSA) is 87.7 Å². The Labute approximate surface area is 114 Å². The Balaban J connectivity index is 2.24. The fraction of sp³-hybridized carbons (Fsp3) is 0.333. The largest absolute Gasteiger partial charge is 0.478 e. The molecule has 6 nitrogen and oxygen atoms in total. The lowest BCUT2D eigenvalue weighted by Crippen LogP contribution is -2.23. The third kappa shape index (κ3) is 2.94. The van der Waals surface area contributed by atoms with Crippen molar-refractivity contribution in [1.29, 1.82) is 0 Å². The Morgan fingerprint density at radius 1 is 1.58 bits per heavy atom. The second-order valence-corrected chi connectivity index (χ2v) is 5.06. The molecule has 0 aliphatic carbocycles. The number of carbonyl (C=O) groups excluding carboxylic acids is 1. The maximum Gasteiger partial charge on any atom is 0.412 e. The van der Waals surface area contributed by atoms with Crippen LogP contribution in [0.4, 0.5) is 9.80 Å². The second-order valence-electron chi connectivity index (χ2n) is 3.95. The molecule has 1 aliphatic rings. The summed E-state index contributed by atoms with van der Waals surface area (Å²) in [7, 11) is 0. The van der Waals surface area contributed by atoms with Crippen LogP contribution in [0.15, 0.2) is 12.7 Å². The number of aromatic carboxylic acids is 1. The van der Waals surface area contributed by atoms with Crippen molar-refractivity contribution < 1.29 is 19.4 Å². The van der Waals surface area contributed by atoms with Gasteiger partial charge in [-0.05, 0) is 18.5 Å². The molecule has 1 aromatic heterocycles. The molecular formula is C12H14N2O4S. The molecule has 0 spiro atoms. The van der Waals surface area contributed by atoms with E-state index >= 15 is 0 Å². The van der Waals surface area contributed by atoms with Crippen LogP contribution in [-0.4, -0.2) is 30.3 Å². The molecule has 0 atom stereocenters. The standard InChI is InChI=1S/C12H14N2O4S/c1-2-5-18-12(17)14-10-9(11(15)16)7-3-4-13-6-8(7)19-10/h2,13H,1,3-6H2,(H,14,17)(H,15,16). The van der Waals surface area contributed by atoms with Gasteiger partial charge < -0.3 is 15.2 Å². The smallest absolute Gasteiger partial charge is 0.412 e. The van der Waals surface area contributed by atoms with Gasteiger partial charge in [0.2, 0.25) is 0 Å². The molecule has 1 amide bonds. The van der Waals surface area contributed by atoms with Gasteiger partial charge in [0.1, 0.15) is 11.6 Å². The van der Waals surface area contributed by atoms with Crippen molar-refractivity contribution >= 4 is 28.4 Å². The van der Waals surface area contributed by atoms with Crippen LogP contribution < -0.4 is 10.6 Å². The summed E-state index contributed by atoms with van der Waals surface area (Å²) in [5, 5.41) is 15.3. The first-order valence-corrected chi connectivity index (χ1v) is 6.58. The quantitative estimate of drug-likeness (QED) is 0.733. The fourth-order valence-electron chi connectivity index (χ4n) is 1.91. The number of amides is 1. The maximum atomic E-state index is 11.5. The molecule has 0 unspecified atom stereocenters. The predicted molar refractivity (Wildman–Crippen MR) is 71.9 cm³/mol. The zero-order chi connectivity index (χ0) is 13.8. The average molecular weight is 282 g/mol. The zero-order valence-corrected chi connectivity index (χ0v) is 11.0. The molecule has 0 saturated heterocycles. The van der Waals surface area contributed by atoms with Crippen molar-refractivity contribution in [3.8, 4) is 0 Å². The number of fused-ring (bicyclic) bond motifs is 1. The van der Waals surface area contributed by atoms with Crippen molar-refractivity contribution in [2.75, 3.05) is 18.5 Å². The molecule has 1 aromatic rings. The van der Waals surface area contributed by atoms with E-state index in [4.69, 9.17) is 4.74 Å². The minimum atomic E-state index is -1.03. The van der Waals surface area contributed by atoms with Crippen molar-refractivity contribution in [3.63, 3.8) is 0 Å². The number of hydrogen-bond donors (Lipinski definition) is 3. The van der Waals surface area contributed by atoms with Gasteiger partial charge in [-0.25, -0.2) is 9.59 Å². The molecule has 0 aromatic carbocycles. The Morgan fingerprint density at radius 3 is 3.05 bits per heavy atom. The van der Waals surface area contributed by atoms with Crippen LogP contribution in [0, 0.1) is 0 Å². The van der Waals surface area contributed by atoms with E-state index in [0.29, 0.717) is 18.0 Å². The summed E-state index contributed by atoms with van der Waals surface area (Å²) in [6.07, 6.45) is 1.42. The number of ether oxygens (including phenoxy) is 1. The molecule has 2 heterocycles. The van der Waals surface area contributed by atoms with E-state index in [1.807, 2.05) is 0 Å². The van der Waals surface area contributed by atoms with Gasteiger partial charge in [0.15, 0.2) is 0 Å². The highest BCUT2D eigenvalue weighted by atomic mass is 32.1. The molecule has 102 valence electrons. The molecule has 0 fully saturated rings. The summed E-state index contributed by atoms with van der Waals surface area (Å²) in [6, 6.07) is 0. The molecule has 0 saturated carbocycles. The summed E-state index contributed by atoms with van der Waals surface area (Å²) in [5.74, 6) is -1.03. The minimum absolute atomic E-state index is 0.0842. The molecule has 3 N–H and O–H groups in total. The average Bonchev–Trinajstić information content (AvgIpc) is 2.74. The van der Waals surface area contributed by atoms with E-state index in [2.05, 4.69) is 17.2 Å². The number of carboxylic acid groups (broad SMARTS) is 1. The highest BCUT2D eigenvalue weighted by Gasteiger charge is 2.26. The fourth-order valence-corrected chi connectivity index (χ4v) is 3.11. The van der Waals surface area contributed by atoms with Gasteiger partial charge in [-0.1, -0.05) is 12.7 Å². The van der Waals surface area contributed by atoms with Crippen molar-refractivity contribution in [2.45, 2.75) is 13.0 Å².